The van der Waals surface area contributed by atoms with Crippen LogP contribution in [0.1, 0.15) is 18.1 Å². The molecule has 2 heterocycles. The maximum absolute atomic E-state index is 13.0. The second kappa shape index (κ2) is 6.77. The van der Waals surface area contributed by atoms with Crippen molar-refractivity contribution in [3.05, 3.63) is 87.7 Å². The highest BCUT2D eigenvalue weighted by Crippen LogP contribution is 2.47. The quantitative estimate of drug-likeness (QED) is 0.537. The Morgan fingerprint density at radius 3 is 2.16 bits per heavy atom. The highest BCUT2D eigenvalue weighted by Gasteiger charge is 2.39. The van der Waals surface area contributed by atoms with Gasteiger partial charge in [-0.15, -0.1) is 23.5 Å². The zero-order valence-corrected chi connectivity index (χ0v) is 15.5. The molecular weight excluding hydrogens is 348 g/mol. The standard InChI is InChI=1S/C21H18O2S2/c1-21(16-10-6-3-7-11-16)14-17(15-8-4-2-5-9-15)18(19(22)23-21)20-24-12-13-25-20/h2-11,14H,12-13H2,1H3. The Hall–Kier alpha value is -1.91. The highest BCUT2D eigenvalue weighted by molar-refractivity contribution is 8.25. The molecule has 2 aromatic carbocycles. The number of thioether (sulfide) groups is 2. The fourth-order valence-electron chi connectivity index (χ4n) is 3.14. The minimum absolute atomic E-state index is 0.232. The summed E-state index contributed by atoms with van der Waals surface area (Å²) in [7, 11) is 0. The van der Waals surface area contributed by atoms with Gasteiger partial charge in [-0.3, -0.25) is 0 Å². The molecule has 1 saturated heterocycles. The molecule has 2 aliphatic rings. The Bertz CT molecular complexity index is 848. The Morgan fingerprint density at radius 2 is 1.52 bits per heavy atom. The number of hydrogen-bond acceptors (Lipinski definition) is 4. The van der Waals surface area contributed by atoms with Gasteiger partial charge in [-0.25, -0.2) is 4.79 Å². The Morgan fingerprint density at radius 1 is 0.920 bits per heavy atom. The normalized spacial score (nSPS) is 23.4. The fraction of sp³-hybridized carbons (Fsp3) is 0.190. The monoisotopic (exact) mass is 366 g/mol. The zero-order chi connectivity index (χ0) is 17.3. The van der Waals surface area contributed by atoms with Crippen LogP contribution in [0, 0.1) is 0 Å². The predicted molar refractivity (Wildman–Crippen MR) is 106 cm³/mol. The van der Waals surface area contributed by atoms with Crippen molar-refractivity contribution >= 4 is 35.1 Å². The van der Waals surface area contributed by atoms with Gasteiger partial charge in [-0.2, -0.15) is 0 Å². The Balaban J connectivity index is 1.91. The lowest BCUT2D eigenvalue weighted by atomic mass is 9.86. The van der Waals surface area contributed by atoms with Crippen LogP contribution in [0.25, 0.3) is 5.57 Å². The van der Waals surface area contributed by atoms with E-state index in [1.807, 2.05) is 55.5 Å². The summed E-state index contributed by atoms with van der Waals surface area (Å²) in [6.45, 7) is 1.96. The van der Waals surface area contributed by atoms with Crippen LogP contribution in [0.2, 0.25) is 0 Å². The first-order chi connectivity index (χ1) is 12.2. The zero-order valence-electron chi connectivity index (χ0n) is 13.9. The molecule has 2 aliphatic heterocycles. The first kappa shape index (κ1) is 16.6. The Kier molecular flexibility index (Phi) is 4.48. The maximum Gasteiger partial charge on any atom is 0.341 e. The Labute approximate surface area is 156 Å². The van der Waals surface area contributed by atoms with Crippen molar-refractivity contribution in [2.45, 2.75) is 12.5 Å². The molecule has 4 rings (SSSR count). The van der Waals surface area contributed by atoms with E-state index in [1.165, 1.54) is 0 Å². The van der Waals surface area contributed by atoms with Gasteiger partial charge < -0.3 is 4.74 Å². The van der Waals surface area contributed by atoms with E-state index in [9.17, 15) is 4.79 Å². The van der Waals surface area contributed by atoms with Gasteiger partial charge in [0.2, 0.25) is 0 Å². The van der Waals surface area contributed by atoms with E-state index in [0.717, 1.165) is 32.4 Å². The van der Waals surface area contributed by atoms with Gasteiger partial charge in [0.1, 0.15) is 0 Å². The number of ether oxygens (including phenoxy) is 1. The van der Waals surface area contributed by atoms with E-state index in [0.29, 0.717) is 5.57 Å². The van der Waals surface area contributed by atoms with E-state index in [4.69, 9.17) is 4.74 Å². The summed E-state index contributed by atoms with van der Waals surface area (Å²) in [5.41, 5.74) is 2.96. The predicted octanol–water partition coefficient (Wildman–Crippen LogP) is 5.23. The van der Waals surface area contributed by atoms with Crippen molar-refractivity contribution in [3.63, 3.8) is 0 Å². The molecule has 25 heavy (non-hydrogen) atoms. The molecule has 0 saturated carbocycles. The highest BCUT2D eigenvalue weighted by atomic mass is 32.2. The third-order valence-corrected chi connectivity index (χ3v) is 7.10. The van der Waals surface area contributed by atoms with Crippen LogP contribution in [0.4, 0.5) is 0 Å². The van der Waals surface area contributed by atoms with Crippen molar-refractivity contribution in [1.29, 1.82) is 0 Å². The number of cyclic esters (lactones) is 1. The van der Waals surface area contributed by atoms with Crippen LogP contribution in [0.3, 0.4) is 0 Å². The van der Waals surface area contributed by atoms with Gasteiger partial charge in [0.05, 0.1) is 9.81 Å². The van der Waals surface area contributed by atoms with E-state index >= 15 is 0 Å². The minimum atomic E-state index is -0.762. The molecule has 1 fully saturated rings. The second-order valence-corrected chi connectivity index (χ2v) is 8.61. The molecule has 0 bridgehead atoms. The van der Waals surface area contributed by atoms with E-state index in [1.54, 1.807) is 23.5 Å². The average Bonchev–Trinajstić information content (AvgIpc) is 3.17. The molecule has 1 unspecified atom stereocenters. The second-order valence-electron chi connectivity index (χ2n) is 6.15. The summed E-state index contributed by atoms with van der Waals surface area (Å²) in [4.78, 5) is 13.0. The number of benzene rings is 2. The smallest absolute Gasteiger partial charge is 0.341 e. The third kappa shape index (κ3) is 3.16. The van der Waals surface area contributed by atoms with Crippen molar-refractivity contribution in [1.82, 2.24) is 0 Å². The van der Waals surface area contributed by atoms with Gasteiger partial charge in [-0.1, -0.05) is 60.7 Å². The van der Waals surface area contributed by atoms with Crippen molar-refractivity contribution < 1.29 is 9.53 Å². The van der Waals surface area contributed by atoms with Gasteiger partial charge in [-0.05, 0) is 29.7 Å². The summed E-state index contributed by atoms with van der Waals surface area (Å²) in [5.74, 6) is 1.84. The number of carbonyl (C=O) groups is 1. The van der Waals surface area contributed by atoms with Gasteiger partial charge in [0, 0.05) is 11.5 Å². The summed E-state index contributed by atoms with van der Waals surface area (Å²) in [6, 6.07) is 20.0. The largest absolute Gasteiger partial charge is 0.446 e. The van der Waals surface area contributed by atoms with Crippen LogP contribution in [0.15, 0.2) is 76.5 Å². The van der Waals surface area contributed by atoms with Gasteiger partial charge in [0.15, 0.2) is 5.60 Å². The maximum atomic E-state index is 13.0. The molecule has 2 aromatic rings. The van der Waals surface area contributed by atoms with Crippen molar-refractivity contribution in [2.24, 2.45) is 0 Å². The SMILES string of the molecule is CC1(c2ccccc2)C=C(c2ccccc2)C(=C2SCCS2)C(=O)O1. The molecule has 0 amide bonds. The molecular formula is C21H18O2S2. The molecule has 4 heteroatoms. The van der Waals surface area contributed by atoms with Crippen LogP contribution < -0.4 is 0 Å². The average molecular weight is 367 g/mol. The number of rotatable bonds is 2. The lowest BCUT2D eigenvalue weighted by molar-refractivity contribution is -0.150. The van der Waals surface area contributed by atoms with Crippen molar-refractivity contribution in [2.75, 3.05) is 11.5 Å². The van der Waals surface area contributed by atoms with Gasteiger partial charge >= 0.3 is 5.97 Å². The lowest BCUT2D eigenvalue weighted by Gasteiger charge is -2.33. The summed E-state index contributed by atoms with van der Waals surface area (Å²) < 4.78 is 7.02. The topological polar surface area (TPSA) is 26.3 Å². The van der Waals surface area contributed by atoms with E-state index in [2.05, 4.69) is 18.2 Å². The van der Waals surface area contributed by atoms with Crippen LogP contribution in [-0.4, -0.2) is 17.5 Å². The molecule has 0 radical (unpaired) electrons. The lowest BCUT2D eigenvalue weighted by Crippen LogP contribution is -2.32. The van der Waals surface area contributed by atoms with Crippen molar-refractivity contribution in [3.8, 4) is 0 Å². The number of carbonyl (C=O) groups excluding carboxylic acids is 1. The third-order valence-electron chi connectivity index (χ3n) is 4.38. The molecule has 0 spiro atoms. The van der Waals surface area contributed by atoms with E-state index in [-0.39, 0.29) is 5.97 Å². The van der Waals surface area contributed by atoms with Crippen LogP contribution in [0.5, 0.6) is 0 Å². The molecule has 0 N–H and O–H groups in total. The first-order valence-electron chi connectivity index (χ1n) is 8.25. The first-order valence-corrected chi connectivity index (χ1v) is 10.2. The summed E-state index contributed by atoms with van der Waals surface area (Å²) >= 11 is 3.50. The number of hydrogen-bond donors (Lipinski definition) is 0. The van der Waals surface area contributed by atoms with Crippen LogP contribution in [-0.2, 0) is 15.1 Å². The fourth-order valence-corrected chi connectivity index (χ4v) is 5.68. The van der Waals surface area contributed by atoms with E-state index < -0.39 is 5.60 Å². The molecule has 126 valence electrons. The molecule has 2 nitrogen and oxygen atoms in total. The summed E-state index contributed by atoms with van der Waals surface area (Å²) in [6.07, 6.45) is 2.10. The minimum Gasteiger partial charge on any atom is -0.446 e. The van der Waals surface area contributed by atoms with Crippen LogP contribution >= 0.6 is 23.5 Å². The molecule has 1 atom stereocenters. The summed E-state index contributed by atoms with van der Waals surface area (Å²) in [5, 5.41) is 0. The molecule has 0 aromatic heterocycles. The molecule has 0 aliphatic carbocycles. The van der Waals surface area contributed by atoms with Gasteiger partial charge in [0.25, 0.3) is 0 Å². The number of esters is 1.